The molecule has 0 saturated carbocycles. The lowest BCUT2D eigenvalue weighted by molar-refractivity contribution is 0.0601. The van der Waals surface area contributed by atoms with Gasteiger partial charge in [0.2, 0.25) is 0 Å². The predicted octanol–water partition coefficient (Wildman–Crippen LogP) is 2.17. The molecule has 1 saturated heterocycles. The summed E-state index contributed by atoms with van der Waals surface area (Å²) in [7, 11) is 1.38. The third-order valence-corrected chi connectivity index (χ3v) is 4.16. The molecular weight excluding hydrogens is 264 g/mol. The van der Waals surface area contributed by atoms with Crippen LogP contribution in [0.5, 0.6) is 0 Å². The van der Waals surface area contributed by atoms with Crippen molar-refractivity contribution in [1.29, 1.82) is 0 Å². The molecule has 2 aromatic rings. The van der Waals surface area contributed by atoms with Crippen molar-refractivity contribution < 1.29 is 14.3 Å². The zero-order valence-corrected chi connectivity index (χ0v) is 11.3. The monoisotopic (exact) mass is 278 g/mol. The fraction of sp³-hybridized carbons (Fsp3) is 0.385. The maximum absolute atomic E-state index is 11.7. The van der Waals surface area contributed by atoms with Gasteiger partial charge in [-0.15, -0.1) is 0 Å². The molecule has 1 aliphatic rings. The highest BCUT2D eigenvalue weighted by Gasteiger charge is 2.23. The van der Waals surface area contributed by atoms with Crippen molar-refractivity contribution in [3.05, 3.63) is 23.3 Å². The lowest BCUT2D eigenvalue weighted by atomic mass is 9.95. The number of rotatable bonds is 2. The molecule has 1 unspecified atom stereocenters. The molecule has 5 nitrogen and oxygen atoms in total. The van der Waals surface area contributed by atoms with Gasteiger partial charge in [0.1, 0.15) is 0 Å². The maximum atomic E-state index is 11.7. The van der Waals surface area contributed by atoms with Gasteiger partial charge in [0.25, 0.3) is 0 Å². The second kappa shape index (κ2) is 4.79. The van der Waals surface area contributed by atoms with E-state index >= 15 is 0 Å². The fourth-order valence-corrected chi connectivity index (χ4v) is 3.21. The Labute approximate surface area is 114 Å². The van der Waals surface area contributed by atoms with Crippen LogP contribution < -0.4 is 5.73 Å². The number of methoxy groups -OCH3 is 1. The molecule has 0 amide bonds. The minimum atomic E-state index is -0.339. The van der Waals surface area contributed by atoms with E-state index in [2.05, 4.69) is 4.98 Å². The van der Waals surface area contributed by atoms with E-state index in [9.17, 15) is 4.79 Å². The molecule has 0 bridgehead atoms. The number of hydrogen-bond donors (Lipinski definition) is 1. The number of nitrogens with two attached hydrogens (primary N) is 1. The molecule has 2 heterocycles. The summed E-state index contributed by atoms with van der Waals surface area (Å²) < 4.78 is 11.1. The molecule has 0 aliphatic carbocycles. The topological polar surface area (TPSA) is 74.4 Å². The van der Waals surface area contributed by atoms with Crippen molar-refractivity contribution in [1.82, 2.24) is 4.98 Å². The van der Waals surface area contributed by atoms with E-state index in [4.69, 9.17) is 15.2 Å². The Bertz CT molecular complexity index is 632. The molecule has 1 fully saturated rings. The molecule has 0 spiro atoms. The Hall–Kier alpha value is -1.66. The Kier molecular flexibility index (Phi) is 3.12. The van der Waals surface area contributed by atoms with Crippen molar-refractivity contribution in [2.75, 3.05) is 26.1 Å². The number of thiazole rings is 1. The molecule has 19 heavy (non-hydrogen) atoms. The molecule has 0 radical (unpaired) electrons. The van der Waals surface area contributed by atoms with E-state index in [0.29, 0.717) is 17.3 Å². The van der Waals surface area contributed by atoms with Crippen LogP contribution in [0.25, 0.3) is 10.2 Å². The second-order valence-corrected chi connectivity index (χ2v) is 5.58. The van der Waals surface area contributed by atoms with Crippen LogP contribution in [0.15, 0.2) is 12.1 Å². The molecule has 2 N–H and O–H groups in total. The Balaban J connectivity index is 2.18. The number of fused-ring (bicyclic) bond motifs is 1. The van der Waals surface area contributed by atoms with Crippen LogP contribution in [0.3, 0.4) is 0 Å². The van der Waals surface area contributed by atoms with Gasteiger partial charge in [-0.3, -0.25) is 0 Å². The van der Waals surface area contributed by atoms with Crippen molar-refractivity contribution in [3.8, 4) is 0 Å². The van der Waals surface area contributed by atoms with Gasteiger partial charge in [-0.1, -0.05) is 11.3 Å². The number of hydrogen-bond acceptors (Lipinski definition) is 6. The van der Waals surface area contributed by atoms with E-state index < -0.39 is 0 Å². The predicted molar refractivity (Wildman–Crippen MR) is 73.5 cm³/mol. The number of carbonyl (C=O) groups is 1. The molecular formula is C13H14N2O3S. The van der Waals surface area contributed by atoms with Crippen molar-refractivity contribution in [2.45, 2.75) is 12.3 Å². The van der Waals surface area contributed by atoms with Crippen LogP contribution in [0.2, 0.25) is 0 Å². The van der Waals surface area contributed by atoms with Gasteiger partial charge >= 0.3 is 5.97 Å². The van der Waals surface area contributed by atoms with E-state index in [1.165, 1.54) is 18.4 Å². The summed E-state index contributed by atoms with van der Waals surface area (Å²) in [4.78, 5) is 16.1. The summed E-state index contributed by atoms with van der Waals surface area (Å²) in [6.45, 7) is 1.41. The number of ether oxygens (including phenoxy) is 2. The lowest BCUT2D eigenvalue weighted by Gasteiger charge is -2.10. The van der Waals surface area contributed by atoms with Gasteiger partial charge < -0.3 is 15.2 Å². The highest BCUT2D eigenvalue weighted by atomic mass is 32.1. The van der Waals surface area contributed by atoms with Crippen molar-refractivity contribution >= 4 is 32.7 Å². The van der Waals surface area contributed by atoms with Gasteiger partial charge in [-0.2, -0.15) is 0 Å². The number of aromatic nitrogens is 1. The van der Waals surface area contributed by atoms with Gasteiger partial charge in [0.15, 0.2) is 5.13 Å². The summed E-state index contributed by atoms with van der Waals surface area (Å²) in [6, 6.07) is 3.64. The summed E-state index contributed by atoms with van der Waals surface area (Å²) in [5, 5.41) is 0.511. The zero-order valence-electron chi connectivity index (χ0n) is 10.5. The van der Waals surface area contributed by atoms with Crippen LogP contribution in [-0.4, -0.2) is 31.3 Å². The molecule has 1 aromatic carbocycles. The quantitative estimate of drug-likeness (QED) is 0.852. The zero-order chi connectivity index (χ0) is 13.4. The lowest BCUT2D eigenvalue weighted by Crippen LogP contribution is -2.05. The Morgan fingerprint density at radius 1 is 1.58 bits per heavy atom. The third kappa shape index (κ3) is 2.17. The normalized spacial score (nSPS) is 18.9. The van der Waals surface area contributed by atoms with Crippen LogP contribution in [0, 0.1) is 0 Å². The first kappa shape index (κ1) is 12.4. The maximum Gasteiger partial charge on any atom is 0.337 e. The third-order valence-electron chi connectivity index (χ3n) is 3.33. The first-order valence-electron chi connectivity index (χ1n) is 6.05. The second-order valence-electron chi connectivity index (χ2n) is 4.52. The smallest absolute Gasteiger partial charge is 0.337 e. The molecule has 6 heteroatoms. The highest BCUT2D eigenvalue weighted by Crippen LogP contribution is 2.35. The number of carbonyl (C=O) groups excluding carboxylic acids is 1. The van der Waals surface area contributed by atoms with Gasteiger partial charge in [-0.25, -0.2) is 9.78 Å². The number of benzene rings is 1. The van der Waals surface area contributed by atoms with Crippen LogP contribution >= 0.6 is 11.3 Å². The standard InChI is InChI=1S/C13H14N2O3S/c1-17-12(16)8-4-9(7-2-3-18-6-7)11-10(5-8)19-13(14)15-11/h4-5,7H,2-3,6H2,1H3,(H2,14,15). The summed E-state index contributed by atoms with van der Waals surface area (Å²) in [6.07, 6.45) is 0.942. The minimum Gasteiger partial charge on any atom is -0.465 e. The number of esters is 1. The fourth-order valence-electron chi connectivity index (χ4n) is 2.40. The highest BCUT2D eigenvalue weighted by molar-refractivity contribution is 7.22. The van der Waals surface area contributed by atoms with E-state index in [1.54, 1.807) is 6.07 Å². The average molecular weight is 278 g/mol. The average Bonchev–Trinajstić information content (AvgIpc) is 3.04. The molecule has 1 aliphatic heterocycles. The number of anilines is 1. The minimum absolute atomic E-state index is 0.272. The van der Waals surface area contributed by atoms with Crippen molar-refractivity contribution in [2.24, 2.45) is 0 Å². The summed E-state index contributed by atoms with van der Waals surface area (Å²) in [5.74, 6) is -0.0670. The van der Waals surface area contributed by atoms with Crippen LogP contribution in [0.1, 0.15) is 28.3 Å². The first-order valence-corrected chi connectivity index (χ1v) is 6.86. The summed E-state index contributed by atoms with van der Waals surface area (Å²) >= 11 is 1.39. The van der Waals surface area contributed by atoms with E-state index in [1.807, 2.05) is 6.07 Å². The van der Waals surface area contributed by atoms with Gasteiger partial charge in [-0.05, 0) is 24.1 Å². The number of nitrogen functional groups attached to an aromatic ring is 1. The Morgan fingerprint density at radius 3 is 3.11 bits per heavy atom. The summed E-state index contributed by atoms with van der Waals surface area (Å²) in [5.41, 5.74) is 8.23. The molecule has 3 rings (SSSR count). The van der Waals surface area contributed by atoms with Crippen LogP contribution in [0.4, 0.5) is 5.13 Å². The Morgan fingerprint density at radius 2 is 2.42 bits per heavy atom. The van der Waals surface area contributed by atoms with E-state index in [0.717, 1.165) is 28.8 Å². The first-order chi connectivity index (χ1) is 9.19. The van der Waals surface area contributed by atoms with E-state index in [-0.39, 0.29) is 11.9 Å². The molecule has 100 valence electrons. The van der Waals surface area contributed by atoms with Gasteiger partial charge in [0.05, 0.1) is 29.5 Å². The number of nitrogens with zero attached hydrogens (tertiary/aromatic N) is 1. The molecule has 1 aromatic heterocycles. The SMILES string of the molecule is COC(=O)c1cc(C2CCOC2)c2nc(N)sc2c1. The van der Waals surface area contributed by atoms with Crippen LogP contribution in [-0.2, 0) is 9.47 Å². The van der Waals surface area contributed by atoms with Gasteiger partial charge in [0, 0.05) is 12.5 Å². The largest absolute Gasteiger partial charge is 0.465 e. The van der Waals surface area contributed by atoms with Crippen molar-refractivity contribution in [3.63, 3.8) is 0 Å². The molecule has 1 atom stereocenters.